The van der Waals surface area contributed by atoms with Gasteiger partial charge in [0.1, 0.15) is 5.15 Å². The average molecular weight is 265 g/mol. The molecule has 18 heavy (non-hydrogen) atoms. The number of aromatic nitrogens is 4. The number of halogens is 1. The molecule has 0 bridgehead atoms. The van der Waals surface area contributed by atoms with E-state index in [1.54, 1.807) is 0 Å². The Balaban J connectivity index is 2.63. The van der Waals surface area contributed by atoms with E-state index in [1.807, 2.05) is 26.8 Å². The van der Waals surface area contributed by atoms with Crippen LogP contribution < -0.4 is 0 Å². The standard InChI is InChI=1S/C12H13ClN4O/c1-4-10-9(6-18)11(13)17(16-10)12-14-7(2)5-8(3)15-12/h5-6H,4H2,1-3H3. The smallest absolute Gasteiger partial charge is 0.252 e. The second-order valence-corrected chi connectivity index (χ2v) is 4.34. The van der Waals surface area contributed by atoms with Crippen LogP contribution in [0.4, 0.5) is 0 Å². The summed E-state index contributed by atoms with van der Waals surface area (Å²) in [5.74, 6) is 0.389. The van der Waals surface area contributed by atoms with Crippen molar-refractivity contribution in [3.05, 3.63) is 33.9 Å². The number of aldehydes is 1. The van der Waals surface area contributed by atoms with Crippen molar-refractivity contribution < 1.29 is 4.79 Å². The van der Waals surface area contributed by atoms with Crippen molar-refractivity contribution in [2.24, 2.45) is 0 Å². The lowest BCUT2D eigenvalue weighted by molar-refractivity contribution is 0.112. The van der Waals surface area contributed by atoms with Crippen LogP contribution in [0.5, 0.6) is 0 Å². The van der Waals surface area contributed by atoms with Crippen molar-refractivity contribution in [2.75, 3.05) is 0 Å². The molecule has 0 amide bonds. The second kappa shape index (κ2) is 4.86. The Bertz CT molecular complexity index is 586. The van der Waals surface area contributed by atoms with Crippen LogP contribution in [0.1, 0.15) is 34.4 Å². The Labute approximate surface area is 110 Å². The molecule has 0 aromatic carbocycles. The predicted octanol–water partition coefficient (Wildman–Crippen LogP) is 2.31. The maximum absolute atomic E-state index is 11.0. The fraction of sp³-hybridized carbons (Fsp3) is 0.333. The van der Waals surface area contributed by atoms with Crippen LogP contribution >= 0.6 is 11.6 Å². The van der Waals surface area contributed by atoms with E-state index < -0.39 is 0 Å². The highest BCUT2D eigenvalue weighted by molar-refractivity contribution is 6.32. The Hall–Kier alpha value is -1.75. The minimum atomic E-state index is 0.256. The van der Waals surface area contributed by atoms with E-state index in [0.29, 0.717) is 29.9 Å². The molecule has 0 aliphatic rings. The van der Waals surface area contributed by atoms with Gasteiger partial charge in [-0.15, -0.1) is 0 Å². The third-order valence-electron chi connectivity index (χ3n) is 2.55. The summed E-state index contributed by atoms with van der Waals surface area (Å²) >= 11 is 6.14. The molecule has 2 aromatic rings. The summed E-state index contributed by atoms with van der Waals surface area (Å²) in [6.45, 7) is 5.66. The van der Waals surface area contributed by atoms with Gasteiger partial charge in [0.05, 0.1) is 11.3 Å². The van der Waals surface area contributed by atoms with Crippen LogP contribution in [0.3, 0.4) is 0 Å². The minimum Gasteiger partial charge on any atom is -0.298 e. The Morgan fingerprint density at radius 3 is 2.39 bits per heavy atom. The number of aryl methyl sites for hydroxylation is 3. The highest BCUT2D eigenvalue weighted by atomic mass is 35.5. The maximum atomic E-state index is 11.0. The summed E-state index contributed by atoms with van der Waals surface area (Å²) in [7, 11) is 0. The van der Waals surface area contributed by atoms with Crippen LogP contribution in [0, 0.1) is 13.8 Å². The summed E-state index contributed by atoms with van der Waals surface area (Å²) in [4.78, 5) is 19.6. The normalized spacial score (nSPS) is 10.7. The van der Waals surface area contributed by atoms with Crippen molar-refractivity contribution in [3.63, 3.8) is 0 Å². The summed E-state index contributed by atoms with van der Waals surface area (Å²) < 4.78 is 1.41. The molecule has 2 aromatic heterocycles. The Morgan fingerprint density at radius 1 is 1.33 bits per heavy atom. The van der Waals surface area contributed by atoms with E-state index in [4.69, 9.17) is 11.6 Å². The van der Waals surface area contributed by atoms with Crippen LogP contribution in [0.15, 0.2) is 6.07 Å². The topological polar surface area (TPSA) is 60.7 Å². The van der Waals surface area contributed by atoms with Crippen LogP contribution in [-0.4, -0.2) is 26.0 Å². The summed E-state index contributed by atoms with van der Waals surface area (Å²) in [5.41, 5.74) is 2.71. The molecule has 0 fully saturated rings. The van der Waals surface area contributed by atoms with Crippen molar-refractivity contribution in [1.82, 2.24) is 19.7 Å². The molecular formula is C12H13ClN4O. The molecule has 6 heteroatoms. The molecule has 0 saturated carbocycles. The molecule has 0 atom stereocenters. The molecule has 0 spiro atoms. The number of rotatable bonds is 3. The fourth-order valence-electron chi connectivity index (χ4n) is 1.76. The predicted molar refractivity (Wildman–Crippen MR) is 68.4 cm³/mol. The summed E-state index contributed by atoms with van der Waals surface area (Å²) in [6.07, 6.45) is 1.35. The van der Waals surface area contributed by atoms with E-state index in [-0.39, 0.29) is 5.15 Å². The van der Waals surface area contributed by atoms with E-state index in [1.165, 1.54) is 4.68 Å². The lowest BCUT2D eigenvalue weighted by Crippen LogP contribution is -2.05. The zero-order valence-electron chi connectivity index (χ0n) is 10.4. The molecule has 5 nitrogen and oxygen atoms in total. The van der Waals surface area contributed by atoms with Gasteiger partial charge in [0, 0.05) is 11.4 Å². The Kier molecular flexibility index (Phi) is 3.43. The average Bonchev–Trinajstić information content (AvgIpc) is 2.64. The molecule has 0 aliphatic heterocycles. The van der Waals surface area contributed by atoms with Gasteiger partial charge in [-0.25, -0.2) is 9.97 Å². The lowest BCUT2D eigenvalue weighted by atomic mass is 10.2. The lowest BCUT2D eigenvalue weighted by Gasteiger charge is -2.03. The Morgan fingerprint density at radius 2 is 1.94 bits per heavy atom. The molecule has 0 saturated heterocycles. The summed E-state index contributed by atoms with van der Waals surface area (Å²) in [5, 5.41) is 4.54. The molecule has 2 heterocycles. The number of carbonyl (C=O) groups is 1. The van der Waals surface area contributed by atoms with E-state index in [0.717, 1.165) is 11.4 Å². The molecule has 0 N–H and O–H groups in total. The zero-order chi connectivity index (χ0) is 13.3. The van der Waals surface area contributed by atoms with E-state index in [2.05, 4.69) is 15.1 Å². The number of hydrogen-bond acceptors (Lipinski definition) is 4. The van der Waals surface area contributed by atoms with Crippen LogP contribution in [0.2, 0.25) is 5.15 Å². The third kappa shape index (κ3) is 2.13. The first-order chi connectivity index (χ1) is 8.56. The molecule has 0 unspecified atom stereocenters. The number of carbonyl (C=O) groups excluding carboxylic acids is 1. The van der Waals surface area contributed by atoms with E-state index >= 15 is 0 Å². The minimum absolute atomic E-state index is 0.256. The summed E-state index contributed by atoms with van der Waals surface area (Å²) in [6, 6.07) is 1.86. The van der Waals surface area contributed by atoms with Gasteiger partial charge >= 0.3 is 0 Å². The highest BCUT2D eigenvalue weighted by Gasteiger charge is 2.17. The van der Waals surface area contributed by atoms with Gasteiger partial charge in [0.25, 0.3) is 5.95 Å². The van der Waals surface area contributed by atoms with Crippen molar-refractivity contribution in [2.45, 2.75) is 27.2 Å². The van der Waals surface area contributed by atoms with Crippen LogP contribution in [0.25, 0.3) is 5.95 Å². The number of hydrogen-bond donors (Lipinski definition) is 0. The first-order valence-corrected chi connectivity index (χ1v) is 5.99. The van der Waals surface area contributed by atoms with Gasteiger partial charge in [0.2, 0.25) is 0 Å². The van der Waals surface area contributed by atoms with Crippen molar-refractivity contribution in [1.29, 1.82) is 0 Å². The SMILES string of the molecule is CCc1nn(-c2nc(C)cc(C)n2)c(Cl)c1C=O. The first-order valence-electron chi connectivity index (χ1n) is 5.62. The van der Waals surface area contributed by atoms with Crippen molar-refractivity contribution >= 4 is 17.9 Å². The molecule has 0 aliphatic carbocycles. The second-order valence-electron chi connectivity index (χ2n) is 3.99. The van der Waals surface area contributed by atoms with Crippen molar-refractivity contribution in [3.8, 4) is 5.95 Å². The van der Waals surface area contributed by atoms with Crippen LogP contribution in [-0.2, 0) is 6.42 Å². The highest BCUT2D eigenvalue weighted by Crippen LogP contribution is 2.21. The molecular weight excluding hydrogens is 252 g/mol. The van der Waals surface area contributed by atoms with Gasteiger partial charge < -0.3 is 0 Å². The first kappa shape index (κ1) is 12.7. The fourth-order valence-corrected chi connectivity index (χ4v) is 2.03. The monoisotopic (exact) mass is 264 g/mol. The quantitative estimate of drug-likeness (QED) is 0.798. The molecule has 0 radical (unpaired) electrons. The molecule has 2 rings (SSSR count). The van der Waals surface area contributed by atoms with Gasteiger partial charge in [-0.05, 0) is 26.3 Å². The van der Waals surface area contributed by atoms with Gasteiger partial charge in [-0.2, -0.15) is 9.78 Å². The van der Waals surface area contributed by atoms with Gasteiger partial charge in [-0.1, -0.05) is 18.5 Å². The zero-order valence-corrected chi connectivity index (χ0v) is 11.2. The molecule has 94 valence electrons. The number of nitrogens with zero attached hydrogens (tertiary/aromatic N) is 4. The third-order valence-corrected chi connectivity index (χ3v) is 2.92. The van der Waals surface area contributed by atoms with Gasteiger partial charge in [-0.3, -0.25) is 4.79 Å². The maximum Gasteiger partial charge on any atom is 0.252 e. The van der Waals surface area contributed by atoms with Gasteiger partial charge in [0.15, 0.2) is 6.29 Å². The largest absolute Gasteiger partial charge is 0.298 e. The van der Waals surface area contributed by atoms with E-state index in [9.17, 15) is 4.79 Å².